The maximum atomic E-state index is 13.6. The molecular formula is C26H30N2O5S. The molecule has 0 aliphatic carbocycles. The van der Waals surface area contributed by atoms with Crippen LogP contribution < -0.4 is 9.47 Å². The van der Waals surface area contributed by atoms with Gasteiger partial charge in [-0.3, -0.25) is 9.59 Å². The molecular weight excluding hydrogens is 452 g/mol. The van der Waals surface area contributed by atoms with E-state index in [4.69, 9.17) is 13.9 Å². The zero-order valence-corrected chi connectivity index (χ0v) is 20.6. The Balaban J connectivity index is 1.56. The molecule has 1 aliphatic rings. The quantitative estimate of drug-likeness (QED) is 0.402. The van der Waals surface area contributed by atoms with Gasteiger partial charge in [0, 0.05) is 18.0 Å². The number of benzene rings is 1. The van der Waals surface area contributed by atoms with Crippen molar-refractivity contribution >= 4 is 23.2 Å². The largest absolute Gasteiger partial charge is 0.459 e. The molecule has 34 heavy (non-hydrogen) atoms. The fourth-order valence-corrected chi connectivity index (χ4v) is 4.70. The third-order valence-corrected chi connectivity index (χ3v) is 7.05. The van der Waals surface area contributed by atoms with Gasteiger partial charge in [0.2, 0.25) is 12.7 Å². The summed E-state index contributed by atoms with van der Waals surface area (Å²) in [6.45, 7) is 7.75. The van der Waals surface area contributed by atoms with E-state index in [2.05, 4.69) is 19.9 Å². The lowest BCUT2D eigenvalue weighted by atomic mass is 10.1. The smallest absolute Gasteiger partial charge is 0.290 e. The number of fused-ring (bicyclic) bond motifs is 1. The van der Waals surface area contributed by atoms with E-state index >= 15 is 0 Å². The minimum absolute atomic E-state index is 0.0150. The maximum absolute atomic E-state index is 13.6. The summed E-state index contributed by atoms with van der Waals surface area (Å²) >= 11 is 1.63. The number of carbonyl (C=O) groups is 2. The van der Waals surface area contributed by atoms with Gasteiger partial charge in [-0.05, 0) is 59.7 Å². The third kappa shape index (κ3) is 5.62. The average molecular weight is 483 g/mol. The van der Waals surface area contributed by atoms with Crippen LogP contribution in [0.2, 0.25) is 0 Å². The molecule has 4 rings (SSSR count). The number of carbonyl (C=O) groups excluding carboxylic acids is 2. The zero-order chi connectivity index (χ0) is 24.1. The van der Waals surface area contributed by atoms with Gasteiger partial charge in [-0.1, -0.05) is 26.3 Å². The van der Waals surface area contributed by atoms with Crippen LogP contribution in [0, 0.1) is 12.8 Å². The molecule has 1 aromatic carbocycles. The van der Waals surface area contributed by atoms with E-state index in [0.29, 0.717) is 31.1 Å². The normalized spacial score (nSPS) is 13.0. The Morgan fingerprint density at radius 1 is 1.09 bits per heavy atom. The molecule has 0 radical (unpaired) electrons. The first-order valence-corrected chi connectivity index (χ1v) is 12.3. The van der Waals surface area contributed by atoms with Gasteiger partial charge in [0.25, 0.3) is 5.91 Å². The van der Waals surface area contributed by atoms with Crippen molar-refractivity contribution in [2.75, 3.05) is 19.9 Å². The Labute approximate surface area is 203 Å². The van der Waals surface area contributed by atoms with Crippen molar-refractivity contribution in [3.8, 4) is 11.5 Å². The van der Waals surface area contributed by atoms with Crippen molar-refractivity contribution in [2.24, 2.45) is 5.92 Å². The summed E-state index contributed by atoms with van der Waals surface area (Å²) in [5.74, 6) is 1.51. The number of aryl methyl sites for hydroxylation is 1. The zero-order valence-electron chi connectivity index (χ0n) is 19.8. The van der Waals surface area contributed by atoms with Crippen molar-refractivity contribution in [3.63, 3.8) is 0 Å². The van der Waals surface area contributed by atoms with Crippen LogP contribution in [-0.2, 0) is 17.9 Å². The SMILES string of the molecule is CCC(C)CN(CC(=O)N(Cc1ccc2c(c1)OCO2)Cc1sccc1C)C(=O)c1ccco1. The van der Waals surface area contributed by atoms with Crippen LogP contribution in [0.1, 0.15) is 46.8 Å². The predicted octanol–water partition coefficient (Wildman–Crippen LogP) is 5.10. The molecule has 0 fully saturated rings. The highest BCUT2D eigenvalue weighted by atomic mass is 32.1. The van der Waals surface area contributed by atoms with Gasteiger partial charge >= 0.3 is 0 Å². The summed E-state index contributed by atoms with van der Waals surface area (Å²) < 4.78 is 16.3. The monoisotopic (exact) mass is 482 g/mol. The summed E-state index contributed by atoms with van der Waals surface area (Å²) in [6.07, 6.45) is 2.38. The van der Waals surface area contributed by atoms with Gasteiger partial charge in [0.05, 0.1) is 12.8 Å². The van der Waals surface area contributed by atoms with Crippen molar-refractivity contribution in [2.45, 2.75) is 40.3 Å². The van der Waals surface area contributed by atoms with Gasteiger partial charge in [-0.25, -0.2) is 0 Å². The van der Waals surface area contributed by atoms with E-state index in [1.54, 1.807) is 33.3 Å². The second kappa shape index (κ2) is 10.8. The molecule has 0 N–H and O–H groups in total. The Hall–Kier alpha value is -3.26. The van der Waals surface area contributed by atoms with Crippen molar-refractivity contribution in [1.29, 1.82) is 0 Å². The van der Waals surface area contributed by atoms with Crippen LogP contribution >= 0.6 is 11.3 Å². The van der Waals surface area contributed by atoms with Crippen molar-refractivity contribution in [3.05, 3.63) is 69.8 Å². The van der Waals surface area contributed by atoms with Gasteiger partial charge in [-0.2, -0.15) is 0 Å². The molecule has 0 saturated carbocycles. The Kier molecular flexibility index (Phi) is 7.57. The van der Waals surface area contributed by atoms with Gasteiger partial charge < -0.3 is 23.7 Å². The number of nitrogens with zero attached hydrogens (tertiary/aromatic N) is 2. The fraction of sp³-hybridized carbons (Fsp3) is 0.385. The first-order chi connectivity index (χ1) is 16.4. The molecule has 180 valence electrons. The number of ether oxygens (including phenoxy) is 2. The summed E-state index contributed by atoms with van der Waals surface area (Å²) in [4.78, 5) is 31.3. The molecule has 1 unspecified atom stereocenters. The molecule has 1 aliphatic heterocycles. The number of thiophene rings is 1. The van der Waals surface area contributed by atoms with Crippen molar-refractivity contribution < 1.29 is 23.5 Å². The minimum Gasteiger partial charge on any atom is -0.459 e. The van der Waals surface area contributed by atoms with Crippen LogP contribution in [0.15, 0.2) is 52.5 Å². The molecule has 0 saturated heterocycles. The molecule has 7 nitrogen and oxygen atoms in total. The van der Waals surface area contributed by atoms with Crippen LogP contribution in [0.25, 0.3) is 0 Å². The Bertz CT molecular complexity index is 1120. The van der Waals surface area contributed by atoms with Crippen molar-refractivity contribution in [1.82, 2.24) is 9.80 Å². The first-order valence-electron chi connectivity index (χ1n) is 11.5. The molecule has 2 amide bonds. The fourth-order valence-electron chi connectivity index (χ4n) is 3.78. The highest BCUT2D eigenvalue weighted by molar-refractivity contribution is 7.10. The van der Waals surface area contributed by atoms with E-state index in [1.807, 2.05) is 30.5 Å². The van der Waals surface area contributed by atoms with Crippen LogP contribution in [0.4, 0.5) is 0 Å². The lowest BCUT2D eigenvalue weighted by Crippen LogP contribution is -2.44. The van der Waals surface area contributed by atoms with Crippen LogP contribution in [0.3, 0.4) is 0 Å². The van der Waals surface area contributed by atoms with Crippen LogP contribution in [-0.4, -0.2) is 41.5 Å². The lowest BCUT2D eigenvalue weighted by molar-refractivity contribution is -0.133. The molecule has 1 atom stereocenters. The predicted molar refractivity (Wildman–Crippen MR) is 130 cm³/mol. The number of amides is 2. The lowest BCUT2D eigenvalue weighted by Gasteiger charge is -2.29. The maximum Gasteiger partial charge on any atom is 0.290 e. The standard InChI is InChI=1S/C26H30N2O5S/c1-4-18(2)13-28(26(30)22-6-5-10-31-22)16-25(29)27(15-24-19(3)9-11-34-24)14-20-7-8-21-23(12-20)33-17-32-21/h5-12,18H,4,13-17H2,1-3H3. The summed E-state index contributed by atoms with van der Waals surface area (Å²) in [5.41, 5.74) is 2.09. The van der Waals surface area contributed by atoms with Gasteiger partial charge in [-0.15, -0.1) is 11.3 Å². The number of furan rings is 1. The van der Waals surface area contributed by atoms with Gasteiger partial charge in [0.1, 0.15) is 6.54 Å². The van der Waals surface area contributed by atoms with Gasteiger partial charge in [0.15, 0.2) is 17.3 Å². The number of hydrogen-bond acceptors (Lipinski definition) is 6. The first kappa shape index (κ1) is 23.9. The molecule has 0 bridgehead atoms. The second-order valence-corrected chi connectivity index (χ2v) is 9.64. The summed E-state index contributed by atoms with van der Waals surface area (Å²) in [5, 5.41) is 2.03. The molecule has 0 spiro atoms. The van der Waals surface area contributed by atoms with E-state index in [1.165, 1.54) is 6.26 Å². The molecule has 3 aromatic rings. The highest BCUT2D eigenvalue weighted by Crippen LogP contribution is 2.33. The number of hydrogen-bond donors (Lipinski definition) is 0. The molecule has 3 heterocycles. The van der Waals surface area contributed by atoms with E-state index in [9.17, 15) is 9.59 Å². The van der Waals surface area contributed by atoms with Crippen LogP contribution in [0.5, 0.6) is 11.5 Å². The third-order valence-electron chi connectivity index (χ3n) is 6.04. The molecule has 2 aromatic heterocycles. The topological polar surface area (TPSA) is 72.2 Å². The minimum atomic E-state index is -0.269. The summed E-state index contributed by atoms with van der Waals surface area (Å²) in [7, 11) is 0. The second-order valence-electron chi connectivity index (χ2n) is 8.64. The average Bonchev–Trinajstić information content (AvgIpc) is 3.60. The summed E-state index contributed by atoms with van der Waals surface area (Å²) in [6, 6.07) is 11.1. The van der Waals surface area contributed by atoms with E-state index < -0.39 is 0 Å². The Morgan fingerprint density at radius 2 is 1.91 bits per heavy atom. The van der Waals surface area contributed by atoms with E-state index in [0.717, 1.165) is 22.4 Å². The highest BCUT2D eigenvalue weighted by Gasteiger charge is 2.26. The van der Waals surface area contributed by atoms with E-state index in [-0.39, 0.29) is 36.8 Å². The Morgan fingerprint density at radius 3 is 2.62 bits per heavy atom. The molecule has 8 heteroatoms. The number of rotatable bonds is 10.